The maximum absolute atomic E-state index is 5.61. The first-order valence-corrected chi connectivity index (χ1v) is 3.45. The zero-order valence-corrected chi connectivity index (χ0v) is 8.92. The Labute approximate surface area is 89.3 Å². The molecule has 1 aromatic rings. The van der Waals surface area contributed by atoms with Gasteiger partial charge in [0.2, 0.25) is 0 Å². The molecule has 0 aliphatic rings. The SMILES string of the molecule is C[C@H](N)c1ccc(Cl)cn1.Cl.Cl. The minimum atomic E-state index is -0.0164. The largest absolute Gasteiger partial charge is 0.323 e. The average molecular weight is 230 g/mol. The van der Waals surface area contributed by atoms with Crippen LogP contribution in [0.15, 0.2) is 18.3 Å². The van der Waals surface area contributed by atoms with E-state index in [0.717, 1.165) is 5.69 Å². The van der Waals surface area contributed by atoms with Crippen LogP contribution in [0.1, 0.15) is 18.7 Å². The second-order valence-corrected chi connectivity index (χ2v) is 2.63. The topological polar surface area (TPSA) is 38.9 Å². The lowest BCUT2D eigenvalue weighted by Gasteiger charge is -2.02. The Morgan fingerprint density at radius 2 is 2.00 bits per heavy atom. The molecule has 0 spiro atoms. The Bertz CT molecular complexity index is 210. The molecule has 0 bridgehead atoms. The first-order valence-electron chi connectivity index (χ1n) is 3.07. The highest BCUT2D eigenvalue weighted by Crippen LogP contribution is 2.09. The van der Waals surface area contributed by atoms with Gasteiger partial charge >= 0.3 is 0 Å². The lowest BCUT2D eigenvalue weighted by molar-refractivity contribution is 0.781. The number of halogens is 3. The fraction of sp³-hybridized carbons (Fsp3) is 0.286. The lowest BCUT2D eigenvalue weighted by atomic mass is 10.2. The molecule has 0 aliphatic carbocycles. The van der Waals surface area contributed by atoms with Crippen LogP contribution in [0.4, 0.5) is 0 Å². The molecule has 1 aromatic heterocycles. The van der Waals surface area contributed by atoms with Gasteiger partial charge in [0, 0.05) is 12.2 Å². The van der Waals surface area contributed by atoms with Gasteiger partial charge in [-0.1, -0.05) is 11.6 Å². The van der Waals surface area contributed by atoms with Crippen LogP contribution >= 0.6 is 36.4 Å². The van der Waals surface area contributed by atoms with Crippen molar-refractivity contribution >= 4 is 36.4 Å². The molecular formula is C7H11Cl3N2. The summed E-state index contributed by atoms with van der Waals surface area (Å²) in [6.45, 7) is 1.89. The fourth-order valence-electron chi connectivity index (χ4n) is 0.657. The van der Waals surface area contributed by atoms with Crippen molar-refractivity contribution in [3.63, 3.8) is 0 Å². The summed E-state index contributed by atoms with van der Waals surface area (Å²) in [6.07, 6.45) is 1.60. The Kier molecular flexibility index (Phi) is 7.84. The summed E-state index contributed by atoms with van der Waals surface area (Å²) in [7, 11) is 0. The predicted molar refractivity (Wildman–Crippen MR) is 56.3 cm³/mol. The van der Waals surface area contributed by atoms with Crippen LogP contribution in [0, 0.1) is 0 Å². The zero-order valence-electron chi connectivity index (χ0n) is 6.53. The maximum atomic E-state index is 5.61. The summed E-state index contributed by atoms with van der Waals surface area (Å²) in [6, 6.07) is 3.59. The quantitative estimate of drug-likeness (QED) is 0.804. The molecular weight excluding hydrogens is 218 g/mol. The Morgan fingerprint density at radius 1 is 1.42 bits per heavy atom. The van der Waals surface area contributed by atoms with Gasteiger partial charge in [-0.15, -0.1) is 24.8 Å². The van der Waals surface area contributed by atoms with E-state index in [1.807, 2.05) is 13.0 Å². The van der Waals surface area contributed by atoms with Gasteiger partial charge in [-0.25, -0.2) is 0 Å². The van der Waals surface area contributed by atoms with Crippen LogP contribution in [0.25, 0.3) is 0 Å². The highest BCUT2D eigenvalue weighted by molar-refractivity contribution is 6.30. The molecule has 1 atom stereocenters. The zero-order chi connectivity index (χ0) is 7.56. The van der Waals surface area contributed by atoms with Crippen LogP contribution in [0.5, 0.6) is 0 Å². The van der Waals surface area contributed by atoms with E-state index in [-0.39, 0.29) is 30.9 Å². The van der Waals surface area contributed by atoms with E-state index < -0.39 is 0 Å². The molecule has 2 nitrogen and oxygen atoms in total. The molecule has 0 aliphatic heterocycles. The molecule has 0 fully saturated rings. The smallest absolute Gasteiger partial charge is 0.0589 e. The average Bonchev–Trinajstić information content (AvgIpc) is 1.88. The molecule has 0 aromatic carbocycles. The van der Waals surface area contributed by atoms with E-state index in [1.165, 1.54) is 0 Å². The molecule has 1 rings (SSSR count). The van der Waals surface area contributed by atoms with Gasteiger partial charge < -0.3 is 5.73 Å². The second kappa shape index (κ2) is 6.49. The van der Waals surface area contributed by atoms with Crippen molar-refractivity contribution in [2.24, 2.45) is 5.73 Å². The molecule has 0 radical (unpaired) electrons. The molecule has 5 heteroatoms. The van der Waals surface area contributed by atoms with E-state index >= 15 is 0 Å². The number of pyridine rings is 1. The van der Waals surface area contributed by atoms with Crippen molar-refractivity contribution in [1.29, 1.82) is 0 Å². The van der Waals surface area contributed by atoms with Crippen molar-refractivity contribution in [3.05, 3.63) is 29.0 Å². The van der Waals surface area contributed by atoms with Crippen molar-refractivity contribution in [3.8, 4) is 0 Å². The molecule has 0 amide bonds. The number of aromatic nitrogens is 1. The van der Waals surface area contributed by atoms with Gasteiger partial charge in [0.15, 0.2) is 0 Å². The first-order chi connectivity index (χ1) is 4.70. The molecule has 0 unspecified atom stereocenters. The minimum Gasteiger partial charge on any atom is -0.323 e. The normalized spacial score (nSPS) is 10.9. The van der Waals surface area contributed by atoms with E-state index in [1.54, 1.807) is 12.3 Å². The van der Waals surface area contributed by atoms with Crippen LogP contribution in [0.3, 0.4) is 0 Å². The number of nitrogens with two attached hydrogens (primary N) is 1. The minimum absolute atomic E-state index is 0. The molecule has 70 valence electrons. The third-order valence-electron chi connectivity index (χ3n) is 1.22. The Morgan fingerprint density at radius 3 is 2.33 bits per heavy atom. The number of hydrogen-bond donors (Lipinski definition) is 1. The predicted octanol–water partition coefficient (Wildman–Crippen LogP) is 2.60. The van der Waals surface area contributed by atoms with E-state index in [4.69, 9.17) is 17.3 Å². The van der Waals surface area contributed by atoms with E-state index in [0.29, 0.717) is 5.02 Å². The Balaban J connectivity index is 0. The van der Waals surface area contributed by atoms with Crippen molar-refractivity contribution in [1.82, 2.24) is 4.98 Å². The van der Waals surface area contributed by atoms with E-state index in [9.17, 15) is 0 Å². The molecule has 12 heavy (non-hydrogen) atoms. The summed E-state index contributed by atoms with van der Waals surface area (Å²) in [5.41, 5.74) is 6.42. The van der Waals surface area contributed by atoms with Crippen molar-refractivity contribution in [2.45, 2.75) is 13.0 Å². The maximum Gasteiger partial charge on any atom is 0.0589 e. The molecule has 1 heterocycles. The van der Waals surface area contributed by atoms with Crippen LogP contribution < -0.4 is 5.73 Å². The summed E-state index contributed by atoms with van der Waals surface area (Å²) in [5, 5.41) is 0.643. The highest BCUT2D eigenvalue weighted by atomic mass is 35.5. The fourth-order valence-corrected chi connectivity index (χ4v) is 0.768. The van der Waals surface area contributed by atoms with Crippen LogP contribution in [-0.4, -0.2) is 4.98 Å². The summed E-state index contributed by atoms with van der Waals surface area (Å²) < 4.78 is 0. The third kappa shape index (κ3) is 4.12. The monoisotopic (exact) mass is 228 g/mol. The van der Waals surface area contributed by atoms with Gasteiger partial charge in [0.25, 0.3) is 0 Å². The second-order valence-electron chi connectivity index (χ2n) is 2.19. The van der Waals surface area contributed by atoms with Crippen molar-refractivity contribution < 1.29 is 0 Å². The third-order valence-corrected chi connectivity index (χ3v) is 1.44. The van der Waals surface area contributed by atoms with E-state index in [2.05, 4.69) is 4.98 Å². The van der Waals surface area contributed by atoms with Gasteiger partial charge in [-0.05, 0) is 19.1 Å². The summed E-state index contributed by atoms with van der Waals surface area (Å²) in [4.78, 5) is 4.02. The van der Waals surface area contributed by atoms with Crippen molar-refractivity contribution in [2.75, 3.05) is 0 Å². The standard InChI is InChI=1S/C7H9ClN2.2ClH/c1-5(9)7-3-2-6(8)4-10-7;;/h2-5H,9H2,1H3;2*1H/t5-;;/m0../s1. The summed E-state index contributed by atoms with van der Waals surface area (Å²) in [5.74, 6) is 0. The number of nitrogens with zero attached hydrogens (tertiary/aromatic N) is 1. The first kappa shape index (κ1) is 14.5. The number of hydrogen-bond acceptors (Lipinski definition) is 2. The van der Waals surface area contributed by atoms with Gasteiger partial charge in [0.05, 0.1) is 10.7 Å². The van der Waals surface area contributed by atoms with Crippen LogP contribution in [-0.2, 0) is 0 Å². The highest BCUT2D eigenvalue weighted by Gasteiger charge is 1.98. The van der Waals surface area contributed by atoms with Crippen LogP contribution in [0.2, 0.25) is 5.02 Å². The van der Waals surface area contributed by atoms with Gasteiger partial charge in [-0.3, -0.25) is 4.98 Å². The molecule has 2 N–H and O–H groups in total. The number of rotatable bonds is 1. The Hall–Kier alpha value is -0.0200. The summed E-state index contributed by atoms with van der Waals surface area (Å²) >= 11 is 5.61. The van der Waals surface area contributed by atoms with Gasteiger partial charge in [-0.2, -0.15) is 0 Å². The lowest BCUT2D eigenvalue weighted by Crippen LogP contribution is -2.06. The van der Waals surface area contributed by atoms with Gasteiger partial charge in [0.1, 0.15) is 0 Å². The molecule has 0 saturated heterocycles. The molecule has 0 saturated carbocycles.